The van der Waals surface area contributed by atoms with E-state index >= 15 is 0 Å². The maximum absolute atomic E-state index is 10.3. The molecule has 3 heteroatoms. The summed E-state index contributed by atoms with van der Waals surface area (Å²) in [5.41, 5.74) is 2.29. The minimum absolute atomic E-state index is 0.530. The Kier molecular flexibility index (Phi) is 3.97. The maximum atomic E-state index is 10.3. The first kappa shape index (κ1) is 9.42. The van der Waals surface area contributed by atoms with Gasteiger partial charge in [0, 0.05) is 5.56 Å². The number of halogens is 1. The molecule has 12 heavy (non-hydrogen) atoms. The van der Waals surface area contributed by atoms with Gasteiger partial charge in [-0.1, -0.05) is 40.2 Å². The van der Waals surface area contributed by atoms with Gasteiger partial charge in [0.2, 0.25) is 0 Å². The van der Waals surface area contributed by atoms with Gasteiger partial charge in [-0.15, -0.1) is 0 Å². The standard InChI is InChI=1S/C9H9BrO2/c10-7-12-6-9-3-1-8(5-11)2-4-9/h1-5H,6-7H2. The molecule has 0 unspecified atom stereocenters. The van der Waals surface area contributed by atoms with Gasteiger partial charge in [0.05, 0.1) is 6.61 Å². The van der Waals surface area contributed by atoms with E-state index in [4.69, 9.17) is 4.74 Å². The van der Waals surface area contributed by atoms with E-state index in [-0.39, 0.29) is 0 Å². The number of benzene rings is 1. The van der Waals surface area contributed by atoms with Crippen LogP contribution >= 0.6 is 15.9 Å². The van der Waals surface area contributed by atoms with Crippen molar-refractivity contribution in [3.05, 3.63) is 35.4 Å². The highest BCUT2D eigenvalue weighted by Gasteiger charge is 1.92. The number of ether oxygens (including phenoxy) is 1. The zero-order valence-electron chi connectivity index (χ0n) is 6.50. The van der Waals surface area contributed by atoms with Gasteiger partial charge in [-0.2, -0.15) is 0 Å². The fourth-order valence-electron chi connectivity index (χ4n) is 0.849. The van der Waals surface area contributed by atoms with Crippen LogP contribution in [0.25, 0.3) is 0 Å². The molecule has 2 nitrogen and oxygen atoms in total. The molecule has 1 rings (SSSR count). The molecule has 64 valence electrons. The number of hydrogen-bond acceptors (Lipinski definition) is 2. The summed E-state index contributed by atoms with van der Waals surface area (Å²) in [6.45, 7) is 0.574. The lowest BCUT2D eigenvalue weighted by Crippen LogP contribution is -1.90. The van der Waals surface area contributed by atoms with Crippen LogP contribution in [0.3, 0.4) is 0 Å². The molecule has 0 saturated heterocycles. The molecule has 0 atom stereocenters. The van der Waals surface area contributed by atoms with Gasteiger partial charge in [-0.05, 0) is 5.56 Å². The number of aldehydes is 1. The largest absolute Gasteiger partial charge is 0.366 e. The average Bonchev–Trinajstić information content (AvgIpc) is 2.15. The van der Waals surface area contributed by atoms with Gasteiger partial charge in [-0.25, -0.2) is 0 Å². The van der Waals surface area contributed by atoms with Crippen LogP contribution in [0.1, 0.15) is 15.9 Å². The molecule has 0 bridgehead atoms. The Labute approximate surface area is 79.7 Å². The van der Waals surface area contributed by atoms with Gasteiger partial charge >= 0.3 is 0 Å². The van der Waals surface area contributed by atoms with Crippen molar-refractivity contribution in [1.82, 2.24) is 0 Å². The van der Waals surface area contributed by atoms with E-state index in [2.05, 4.69) is 15.9 Å². The van der Waals surface area contributed by atoms with Crippen LogP contribution in [-0.4, -0.2) is 11.8 Å². The Bertz CT molecular complexity index is 243. The van der Waals surface area contributed by atoms with Crippen molar-refractivity contribution in [1.29, 1.82) is 0 Å². The average molecular weight is 229 g/mol. The summed E-state index contributed by atoms with van der Waals surface area (Å²) in [5.74, 6) is 0. The third kappa shape index (κ3) is 2.75. The predicted octanol–water partition coefficient (Wildman–Crippen LogP) is 2.37. The van der Waals surface area contributed by atoms with Crippen molar-refractivity contribution in [3.8, 4) is 0 Å². The Morgan fingerprint density at radius 3 is 2.50 bits per heavy atom. The number of alkyl halides is 1. The van der Waals surface area contributed by atoms with Crippen LogP contribution in [0.5, 0.6) is 0 Å². The highest BCUT2D eigenvalue weighted by Crippen LogP contribution is 2.04. The first-order valence-electron chi connectivity index (χ1n) is 3.54. The highest BCUT2D eigenvalue weighted by molar-refractivity contribution is 9.09. The quantitative estimate of drug-likeness (QED) is 0.585. The summed E-state index contributed by atoms with van der Waals surface area (Å²) in [7, 11) is 0. The Morgan fingerprint density at radius 1 is 1.33 bits per heavy atom. The molecule has 0 heterocycles. The second-order valence-electron chi connectivity index (χ2n) is 2.32. The number of carbonyl (C=O) groups excluding carboxylic acids is 1. The normalized spacial score (nSPS) is 9.75. The van der Waals surface area contributed by atoms with E-state index in [1.165, 1.54) is 0 Å². The molecule has 0 N–H and O–H groups in total. The van der Waals surface area contributed by atoms with E-state index in [9.17, 15) is 4.79 Å². The molecule has 1 aromatic rings. The fraction of sp³-hybridized carbons (Fsp3) is 0.222. The molecule has 0 radical (unpaired) electrons. The van der Waals surface area contributed by atoms with Crippen LogP contribution in [0, 0.1) is 0 Å². The lowest BCUT2D eigenvalue weighted by Gasteiger charge is -1.99. The van der Waals surface area contributed by atoms with E-state index in [1.54, 1.807) is 12.1 Å². The van der Waals surface area contributed by atoms with Crippen molar-refractivity contribution < 1.29 is 9.53 Å². The monoisotopic (exact) mass is 228 g/mol. The van der Waals surface area contributed by atoms with Gasteiger partial charge in [0.25, 0.3) is 0 Å². The lowest BCUT2D eigenvalue weighted by molar-refractivity contribution is 0.112. The number of hydrogen-bond donors (Lipinski definition) is 0. The molecule has 0 aliphatic rings. The minimum atomic E-state index is 0.530. The molecule has 0 saturated carbocycles. The summed E-state index contributed by atoms with van der Waals surface area (Å²) in [6.07, 6.45) is 0.828. The Morgan fingerprint density at radius 2 is 2.00 bits per heavy atom. The van der Waals surface area contributed by atoms with Gasteiger partial charge in [-0.3, -0.25) is 4.79 Å². The van der Waals surface area contributed by atoms with Crippen LogP contribution in [-0.2, 0) is 11.3 Å². The molecule has 0 aliphatic carbocycles. The summed E-state index contributed by atoms with van der Waals surface area (Å²) in [4.78, 5) is 10.3. The van der Waals surface area contributed by atoms with Crippen molar-refractivity contribution in [2.45, 2.75) is 6.61 Å². The van der Waals surface area contributed by atoms with Crippen molar-refractivity contribution in [2.24, 2.45) is 0 Å². The molecule has 1 aromatic carbocycles. The predicted molar refractivity (Wildman–Crippen MR) is 50.4 cm³/mol. The Hall–Kier alpha value is -0.670. The fourth-order valence-corrected chi connectivity index (χ4v) is 1.01. The van der Waals surface area contributed by atoms with E-state index in [0.29, 0.717) is 17.7 Å². The van der Waals surface area contributed by atoms with Crippen LogP contribution in [0.15, 0.2) is 24.3 Å². The topological polar surface area (TPSA) is 26.3 Å². The van der Waals surface area contributed by atoms with E-state index in [0.717, 1.165) is 11.8 Å². The second kappa shape index (κ2) is 5.06. The highest BCUT2D eigenvalue weighted by atomic mass is 79.9. The van der Waals surface area contributed by atoms with Crippen LogP contribution < -0.4 is 0 Å². The molecule has 0 fully saturated rings. The summed E-state index contributed by atoms with van der Waals surface area (Å²) in [5, 5.41) is 0. The number of rotatable bonds is 4. The molecule has 0 aromatic heterocycles. The smallest absolute Gasteiger partial charge is 0.150 e. The first-order valence-corrected chi connectivity index (χ1v) is 4.67. The third-order valence-electron chi connectivity index (χ3n) is 1.46. The summed E-state index contributed by atoms with van der Waals surface area (Å²) < 4.78 is 5.12. The lowest BCUT2D eigenvalue weighted by atomic mass is 10.2. The van der Waals surface area contributed by atoms with Gasteiger partial charge < -0.3 is 4.74 Å². The zero-order valence-corrected chi connectivity index (χ0v) is 8.08. The second-order valence-corrected chi connectivity index (χ2v) is 2.77. The Balaban J connectivity index is 2.58. The van der Waals surface area contributed by atoms with Crippen molar-refractivity contribution in [2.75, 3.05) is 5.52 Å². The van der Waals surface area contributed by atoms with Crippen LogP contribution in [0.2, 0.25) is 0 Å². The summed E-state index contributed by atoms with van der Waals surface area (Å²) in [6, 6.07) is 7.32. The maximum Gasteiger partial charge on any atom is 0.150 e. The zero-order chi connectivity index (χ0) is 8.81. The number of carbonyl (C=O) groups is 1. The first-order chi connectivity index (χ1) is 5.86. The third-order valence-corrected chi connectivity index (χ3v) is 1.79. The van der Waals surface area contributed by atoms with E-state index in [1.807, 2.05) is 12.1 Å². The summed E-state index contributed by atoms with van der Waals surface area (Å²) >= 11 is 3.16. The molecular weight excluding hydrogens is 220 g/mol. The minimum Gasteiger partial charge on any atom is -0.366 e. The molecule has 0 spiro atoms. The molecule has 0 amide bonds. The van der Waals surface area contributed by atoms with Crippen LogP contribution in [0.4, 0.5) is 0 Å². The van der Waals surface area contributed by atoms with Crippen molar-refractivity contribution in [3.63, 3.8) is 0 Å². The molecule has 0 aliphatic heterocycles. The van der Waals surface area contributed by atoms with Gasteiger partial charge in [0.1, 0.15) is 11.8 Å². The van der Waals surface area contributed by atoms with E-state index < -0.39 is 0 Å². The SMILES string of the molecule is O=Cc1ccc(COCBr)cc1. The van der Waals surface area contributed by atoms with Crippen molar-refractivity contribution >= 4 is 22.2 Å². The van der Waals surface area contributed by atoms with Gasteiger partial charge in [0.15, 0.2) is 0 Å². The molecular formula is C9H9BrO2.